The molecule has 0 atom stereocenters. The highest BCUT2D eigenvalue weighted by molar-refractivity contribution is 5.92. The molecule has 1 aromatic rings. The average molecular weight is 194 g/mol. The lowest BCUT2D eigenvalue weighted by atomic mass is 10.0. The van der Waals surface area contributed by atoms with Gasteiger partial charge in [0.05, 0.1) is 5.69 Å². The number of nitrogens with two attached hydrogens (primary N) is 1. The Balaban J connectivity index is 2.35. The molecular formula is C10H14N2O2. The van der Waals surface area contributed by atoms with E-state index in [2.05, 4.69) is 4.98 Å². The van der Waals surface area contributed by atoms with Crippen LogP contribution in [0.2, 0.25) is 0 Å². The van der Waals surface area contributed by atoms with Gasteiger partial charge in [-0.05, 0) is 12.8 Å². The third-order valence-electron chi connectivity index (χ3n) is 2.73. The number of hydrogen-bond acceptors (Lipinski definition) is 4. The van der Waals surface area contributed by atoms with Crippen molar-refractivity contribution in [2.45, 2.75) is 38.5 Å². The molecule has 0 amide bonds. The molecule has 1 aliphatic rings. The summed E-state index contributed by atoms with van der Waals surface area (Å²) in [4.78, 5) is 15.4. The number of ketones is 1. The number of Topliss-reactive ketones (excluding diaryl/α,β-unsaturated/α-hetero) is 1. The minimum absolute atomic E-state index is 0.0869. The van der Waals surface area contributed by atoms with Gasteiger partial charge in [-0.1, -0.05) is 12.8 Å². The number of nitrogen functional groups attached to an aromatic ring is 1. The summed E-state index contributed by atoms with van der Waals surface area (Å²) in [5.41, 5.74) is 6.23. The summed E-state index contributed by atoms with van der Waals surface area (Å²) in [7, 11) is 0. The molecular weight excluding hydrogens is 180 g/mol. The predicted molar refractivity (Wildman–Crippen MR) is 52.1 cm³/mol. The van der Waals surface area contributed by atoms with Gasteiger partial charge in [0.25, 0.3) is 6.01 Å². The summed E-state index contributed by atoms with van der Waals surface area (Å²) >= 11 is 0. The fourth-order valence-corrected chi connectivity index (χ4v) is 2.08. The van der Waals surface area contributed by atoms with Gasteiger partial charge in [0.15, 0.2) is 11.5 Å². The van der Waals surface area contributed by atoms with Gasteiger partial charge in [0.1, 0.15) is 0 Å². The van der Waals surface area contributed by atoms with Gasteiger partial charge in [-0.3, -0.25) is 4.79 Å². The molecule has 0 unspecified atom stereocenters. The van der Waals surface area contributed by atoms with Gasteiger partial charge in [-0.15, -0.1) is 0 Å². The Kier molecular flexibility index (Phi) is 2.27. The lowest BCUT2D eigenvalue weighted by Crippen LogP contribution is -2.01. The summed E-state index contributed by atoms with van der Waals surface area (Å²) in [6.07, 6.45) is 4.59. The minimum Gasteiger partial charge on any atom is -0.420 e. The van der Waals surface area contributed by atoms with Crippen LogP contribution in [0.25, 0.3) is 0 Å². The number of rotatable bonds is 2. The fourth-order valence-electron chi connectivity index (χ4n) is 2.08. The highest BCUT2D eigenvalue weighted by Crippen LogP contribution is 2.35. The normalized spacial score (nSPS) is 17.5. The maximum atomic E-state index is 11.2. The highest BCUT2D eigenvalue weighted by Gasteiger charge is 2.26. The van der Waals surface area contributed by atoms with Crippen molar-refractivity contribution in [3.63, 3.8) is 0 Å². The van der Waals surface area contributed by atoms with E-state index in [1.54, 1.807) is 0 Å². The van der Waals surface area contributed by atoms with E-state index < -0.39 is 0 Å². The Labute approximate surface area is 82.5 Å². The number of anilines is 1. The Morgan fingerprint density at radius 2 is 2.14 bits per heavy atom. The summed E-state index contributed by atoms with van der Waals surface area (Å²) in [6.45, 7) is 1.48. The quantitative estimate of drug-likeness (QED) is 0.732. The Morgan fingerprint density at radius 3 is 2.71 bits per heavy atom. The molecule has 2 rings (SSSR count). The molecule has 1 aliphatic carbocycles. The molecule has 2 N–H and O–H groups in total. The molecule has 0 spiro atoms. The van der Waals surface area contributed by atoms with Crippen molar-refractivity contribution in [1.29, 1.82) is 0 Å². The number of aromatic nitrogens is 1. The predicted octanol–water partition coefficient (Wildman–Crippen LogP) is 2.12. The molecule has 0 bridgehead atoms. The fraction of sp³-hybridized carbons (Fsp3) is 0.600. The van der Waals surface area contributed by atoms with Crippen molar-refractivity contribution >= 4 is 11.8 Å². The number of oxazole rings is 1. The Bertz CT molecular complexity index is 351. The first-order valence-electron chi connectivity index (χ1n) is 4.95. The molecule has 0 aliphatic heterocycles. The first-order valence-corrected chi connectivity index (χ1v) is 4.95. The smallest absolute Gasteiger partial charge is 0.292 e. The van der Waals surface area contributed by atoms with E-state index in [1.807, 2.05) is 0 Å². The molecule has 4 nitrogen and oxygen atoms in total. The summed E-state index contributed by atoms with van der Waals surface area (Å²) in [5.74, 6) is 0.639. The maximum Gasteiger partial charge on any atom is 0.292 e. The van der Waals surface area contributed by atoms with Gasteiger partial charge < -0.3 is 10.2 Å². The largest absolute Gasteiger partial charge is 0.420 e. The van der Waals surface area contributed by atoms with E-state index in [1.165, 1.54) is 19.8 Å². The molecule has 1 saturated carbocycles. The van der Waals surface area contributed by atoms with E-state index in [-0.39, 0.29) is 11.8 Å². The van der Waals surface area contributed by atoms with Crippen LogP contribution in [0.5, 0.6) is 0 Å². The summed E-state index contributed by atoms with van der Waals surface area (Å²) in [5, 5.41) is 0. The van der Waals surface area contributed by atoms with Crippen LogP contribution in [0.4, 0.5) is 6.01 Å². The average Bonchev–Trinajstić information content (AvgIpc) is 2.70. The summed E-state index contributed by atoms with van der Waals surface area (Å²) < 4.78 is 5.11. The van der Waals surface area contributed by atoms with Crippen LogP contribution in [-0.2, 0) is 0 Å². The molecule has 1 heterocycles. The lowest BCUT2D eigenvalue weighted by molar-refractivity contribution is 0.0986. The zero-order valence-electron chi connectivity index (χ0n) is 8.25. The van der Waals surface area contributed by atoms with Gasteiger partial charge >= 0.3 is 0 Å². The number of carbonyl (C=O) groups is 1. The van der Waals surface area contributed by atoms with Gasteiger partial charge in [-0.2, -0.15) is 4.98 Å². The van der Waals surface area contributed by atoms with Crippen molar-refractivity contribution in [3.8, 4) is 0 Å². The number of carbonyl (C=O) groups excluding carboxylic acids is 1. The van der Waals surface area contributed by atoms with E-state index >= 15 is 0 Å². The minimum atomic E-state index is -0.0869. The maximum absolute atomic E-state index is 11.2. The van der Waals surface area contributed by atoms with E-state index in [0.717, 1.165) is 18.5 Å². The van der Waals surface area contributed by atoms with Crippen LogP contribution in [-0.4, -0.2) is 10.8 Å². The van der Waals surface area contributed by atoms with Crippen LogP contribution in [0, 0.1) is 0 Å². The molecule has 0 saturated heterocycles. The second kappa shape index (κ2) is 3.44. The summed E-state index contributed by atoms with van der Waals surface area (Å²) in [6, 6.07) is 0.108. The third kappa shape index (κ3) is 1.52. The van der Waals surface area contributed by atoms with Crippen LogP contribution in [0.1, 0.15) is 54.8 Å². The van der Waals surface area contributed by atoms with Crippen molar-refractivity contribution in [1.82, 2.24) is 4.98 Å². The van der Waals surface area contributed by atoms with E-state index in [0.29, 0.717) is 11.7 Å². The Hall–Kier alpha value is -1.32. The van der Waals surface area contributed by atoms with Crippen LogP contribution >= 0.6 is 0 Å². The second-order valence-corrected chi connectivity index (χ2v) is 3.80. The van der Waals surface area contributed by atoms with Crippen molar-refractivity contribution in [3.05, 3.63) is 11.5 Å². The molecule has 0 aromatic carbocycles. The molecule has 1 fully saturated rings. The lowest BCUT2D eigenvalue weighted by Gasteiger charge is -2.04. The van der Waals surface area contributed by atoms with Gasteiger partial charge in [0, 0.05) is 12.8 Å². The van der Waals surface area contributed by atoms with Crippen molar-refractivity contribution in [2.75, 3.05) is 5.73 Å². The van der Waals surface area contributed by atoms with E-state index in [9.17, 15) is 4.79 Å². The first kappa shape index (κ1) is 9.24. The first-order chi connectivity index (χ1) is 6.68. The van der Waals surface area contributed by atoms with Crippen LogP contribution in [0.15, 0.2) is 4.42 Å². The number of nitrogens with zero attached hydrogens (tertiary/aromatic N) is 1. The van der Waals surface area contributed by atoms with Crippen molar-refractivity contribution < 1.29 is 9.21 Å². The molecule has 4 heteroatoms. The van der Waals surface area contributed by atoms with E-state index in [4.69, 9.17) is 10.2 Å². The van der Waals surface area contributed by atoms with Gasteiger partial charge in [0.2, 0.25) is 0 Å². The SMILES string of the molecule is CC(=O)c1oc(N)nc1C1CCCC1. The highest BCUT2D eigenvalue weighted by atomic mass is 16.4. The zero-order chi connectivity index (χ0) is 10.1. The molecule has 14 heavy (non-hydrogen) atoms. The Morgan fingerprint density at radius 1 is 1.50 bits per heavy atom. The number of hydrogen-bond donors (Lipinski definition) is 1. The van der Waals surface area contributed by atoms with Crippen molar-refractivity contribution in [2.24, 2.45) is 0 Å². The molecule has 1 aromatic heterocycles. The zero-order valence-corrected chi connectivity index (χ0v) is 8.25. The second-order valence-electron chi connectivity index (χ2n) is 3.80. The van der Waals surface area contributed by atoms with Crippen LogP contribution < -0.4 is 5.73 Å². The monoisotopic (exact) mass is 194 g/mol. The standard InChI is InChI=1S/C10H14N2O2/c1-6(13)9-8(12-10(11)14-9)7-4-2-3-5-7/h7H,2-5H2,1H3,(H2,11,12). The van der Waals surface area contributed by atoms with Crippen LogP contribution in [0.3, 0.4) is 0 Å². The third-order valence-corrected chi connectivity index (χ3v) is 2.73. The molecule has 76 valence electrons. The molecule has 0 radical (unpaired) electrons. The van der Waals surface area contributed by atoms with Gasteiger partial charge in [-0.25, -0.2) is 0 Å². The topological polar surface area (TPSA) is 69.1 Å².